The molecule has 0 unspecified atom stereocenters. The molecule has 0 aliphatic carbocycles. The van der Waals surface area contributed by atoms with Crippen LogP contribution in [-0.4, -0.2) is 11.8 Å². The first-order valence-electron chi connectivity index (χ1n) is 5.85. The van der Waals surface area contributed by atoms with E-state index in [2.05, 4.69) is 10.0 Å². The number of amides is 2. The molecule has 6 heteroatoms. The average Bonchev–Trinajstić information content (AvgIpc) is 2.73. The van der Waals surface area contributed by atoms with E-state index in [-0.39, 0.29) is 11.8 Å². The Morgan fingerprint density at radius 3 is 1.95 bits per heavy atom. The van der Waals surface area contributed by atoms with Gasteiger partial charge in [-0.3, -0.25) is 9.59 Å². The van der Waals surface area contributed by atoms with Gasteiger partial charge in [-0.05, 0) is 29.8 Å². The maximum Gasteiger partial charge on any atom is 0.266 e. The van der Waals surface area contributed by atoms with Crippen molar-refractivity contribution in [3.8, 4) is 0 Å². The first kappa shape index (κ1) is 12.0. The highest BCUT2D eigenvalue weighted by Crippen LogP contribution is 2.29. The number of nitrogens with zero attached hydrogens (tertiary/aromatic N) is 4. The Morgan fingerprint density at radius 1 is 0.900 bits per heavy atom. The summed E-state index contributed by atoms with van der Waals surface area (Å²) in [5.74, 6) is -0.690. The van der Waals surface area contributed by atoms with E-state index in [0.29, 0.717) is 22.5 Å². The molecule has 0 saturated heterocycles. The van der Waals surface area contributed by atoms with E-state index in [9.17, 15) is 9.59 Å². The Bertz CT molecular complexity index is 726. The van der Waals surface area contributed by atoms with Crippen LogP contribution in [0.15, 0.2) is 53.6 Å². The van der Waals surface area contributed by atoms with Gasteiger partial charge < -0.3 is 0 Å². The zero-order chi connectivity index (χ0) is 14.1. The third-order valence-corrected chi connectivity index (χ3v) is 3.06. The molecule has 0 aromatic heterocycles. The van der Waals surface area contributed by atoms with Gasteiger partial charge in [-0.15, -0.1) is 0 Å². The molecule has 0 bridgehead atoms. The Balaban J connectivity index is 2.02. The zero-order valence-electron chi connectivity index (χ0n) is 10.2. The van der Waals surface area contributed by atoms with Gasteiger partial charge >= 0.3 is 0 Å². The van der Waals surface area contributed by atoms with Crippen molar-refractivity contribution in [2.24, 2.45) is 5.11 Å². The zero-order valence-corrected chi connectivity index (χ0v) is 10.2. The molecule has 96 valence electrons. The van der Waals surface area contributed by atoms with Crippen molar-refractivity contribution in [2.75, 3.05) is 4.90 Å². The third kappa shape index (κ3) is 1.72. The van der Waals surface area contributed by atoms with Gasteiger partial charge in [0.2, 0.25) is 0 Å². The molecule has 1 heterocycles. The molecule has 2 amide bonds. The summed E-state index contributed by atoms with van der Waals surface area (Å²) in [6.45, 7) is 0. The lowest BCUT2D eigenvalue weighted by atomic mass is 10.1. The smallest absolute Gasteiger partial charge is 0.266 e. The topological polar surface area (TPSA) is 86.1 Å². The first-order valence-corrected chi connectivity index (χ1v) is 5.85. The lowest BCUT2D eigenvalue weighted by molar-refractivity contribution is 0.0926. The van der Waals surface area contributed by atoms with Crippen molar-refractivity contribution in [2.45, 2.75) is 0 Å². The number of anilines is 1. The van der Waals surface area contributed by atoms with E-state index in [1.54, 1.807) is 48.5 Å². The highest BCUT2D eigenvalue weighted by molar-refractivity contribution is 6.34. The fraction of sp³-hybridized carbons (Fsp3) is 0. The van der Waals surface area contributed by atoms with Crippen LogP contribution in [0.3, 0.4) is 0 Å². The summed E-state index contributed by atoms with van der Waals surface area (Å²) in [4.78, 5) is 28.3. The minimum atomic E-state index is -0.345. The number of carbonyl (C=O) groups excluding carboxylic acids is 2. The number of hydrogen-bond acceptors (Lipinski definition) is 3. The van der Waals surface area contributed by atoms with E-state index >= 15 is 0 Å². The van der Waals surface area contributed by atoms with Gasteiger partial charge in [0.05, 0.1) is 16.8 Å². The Labute approximate surface area is 113 Å². The van der Waals surface area contributed by atoms with Gasteiger partial charge in [-0.2, -0.15) is 0 Å². The number of imide groups is 1. The second-order valence-electron chi connectivity index (χ2n) is 4.20. The van der Waals surface area contributed by atoms with Crippen molar-refractivity contribution in [3.05, 3.63) is 70.1 Å². The number of benzene rings is 2. The molecule has 0 saturated carbocycles. The number of azide groups is 1. The molecular weight excluding hydrogens is 256 g/mol. The van der Waals surface area contributed by atoms with Crippen molar-refractivity contribution < 1.29 is 9.59 Å². The van der Waals surface area contributed by atoms with Crippen LogP contribution in [0.5, 0.6) is 0 Å². The number of rotatable bonds is 2. The largest absolute Gasteiger partial charge is 0.268 e. The number of carbonyl (C=O) groups is 2. The molecule has 3 rings (SSSR count). The fourth-order valence-corrected chi connectivity index (χ4v) is 2.14. The lowest BCUT2D eigenvalue weighted by Crippen LogP contribution is -2.29. The number of hydrogen-bond donors (Lipinski definition) is 0. The van der Waals surface area contributed by atoms with Crippen molar-refractivity contribution in [1.29, 1.82) is 0 Å². The molecule has 0 radical (unpaired) electrons. The summed E-state index contributed by atoms with van der Waals surface area (Å²) in [6.07, 6.45) is 0. The van der Waals surface area contributed by atoms with E-state index in [0.717, 1.165) is 4.90 Å². The summed E-state index contributed by atoms with van der Waals surface area (Å²) in [5, 5.41) is 3.44. The second-order valence-corrected chi connectivity index (χ2v) is 4.20. The SMILES string of the molecule is [N-]=[N+]=Nc1ccc(N2C(=O)c3ccccc3C2=O)cc1. The van der Waals surface area contributed by atoms with E-state index in [4.69, 9.17) is 5.53 Å². The van der Waals surface area contributed by atoms with Crippen LogP contribution < -0.4 is 4.90 Å². The maximum atomic E-state index is 12.2. The van der Waals surface area contributed by atoms with Gasteiger partial charge in [-0.25, -0.2) is 4.90 Å². The van der Waals surface area contributed by atoms with Gasteiger partial charge in [0, 0.05) is 10.6 Å². The van der Waals surface area contributed by atoms with Gasteiger partial charge in [-0.1, -0.05) is 29.4 Å². The average molecular weight is 264 g/mol. The van der Waals surface area contributed by atoms with E-state index < -0.39 is 0 Å². The Hall–Kier alpha value is -3.11. The van der Waals surface area contributed by atoms with Gasteiger partial charge in [0.15, 0.2) is 0 Å². The summed E-state index contributed by atoms with van der Waals surface area (Å²) < 4.78 is 0. The second kappa shape index (κ2) is 4.53. The highest BCUT2D eigenvalue weighted by Gasteiger charge is 2.36. The molecular formula is C14H8N4O2. The lowest BCUT2D eigenvalue weighted by Gasteiger charge is -2.13. The first-order chi connectivity index (χ1) is 9.72. The van der Waals surface area contributed by atoms with Crippen LogP contribution in [0, 0.1) is 0 Å². The molecule has 2 aromatic carbocycles. The van der Waals surface area contributed by atoms with Gasteiger partial charge in [0.1, 0.15) is 0 Å². The van der Waals surface area contributed by atoms with Crippen LogP contribution in [0.25, 0.3) is 10.4 Å². The fourth-order valence-electron chi connectivity index (χ4n) is 2.14. The standard InChI is InChI=1S/C14H8N4O2/c15-17-16-9-5-7-10(8-6-9)18-13(19)11-3-1-2-4-12(11)14(18)20/h1-8H. The predicted molar refractivity (Wildman–Crippen MR) is 72.8 cm³/mol. The van der Waals surface area contributed by atoms with E-state index in [1.807, 2.05) is 0 Å². The van der Waals surface area contributed by atoms with Crippen molar-refractivity contribution in [3.63, 3.8) is 0 Å². The van der Waals surface area contributed by atoms with Crippen LogP contribution in [-0.2, 0) is 0 Å². The summed E-state index contributed by atoms with van der Waals surface area (Å²) >= 11 is 0. The van der Waals surface area contributed by atoms with Gasteiger partial charge in [0.25, 0.3) is 11.8 Å². The molecule has 1 aliphatic rings. The summed E-state index contributed by atoms with van der Waals surface area (Å²) in [5.41, 5.74) is 10.0. The normalized spacial score (nSPS) is 13.1. The minimum Gasteiger partial charge on any atom is -0.268 e. The van der Waals surface area contributed by atoms with Crippen LogP contribution >= 0.6 is 0 Å². The summed E-state index contributed by atoms with van der Waals surface area (Å²) in [6, 6.07) is 13.0. The van der Waals surface area contributed by atoms with E-state index in [1.165, 1.54) is 0 Å². The number of fused-ring (bicyclic) bond motifs is 1. The van der Waals surface area contributed by atoms with Crippen molar-refractivity contribution in [1.82, 2.24) is 0 Å². The van der Waals surface area contributed by atoms with Crippen LogP contribution in [0.4, 0.5) is 11.4 Å². The molecule has 1 aliphatic heterocycles. The monoisotopic (exact) mass is 264 g/mol. The molecule has 0 atom stereocenters. The Kier molecular flexibility index (Phi) is 2.71. The van der Waals surface area contributed by atoms with Crippen LogP contribution in [0.1, 0.15) is 20.7 Å². The molecule has 2 aromatic rings. The quantitative estimate of drug-likeness (QED) is 0.360. The van der Waals surface area contributed by atoms with Crippen LogP contribution in [0.2, 0.25) is 0 Å². The molecule has 0 fully saturated rings. The summed E-state index contributed by atoms with van der Waals surface area (Å²) in [7, 11) is 0. The molecule has 6 nitrogen and oxygen atoms in total. The third-order valence-electron chi connectivity index (χ3n) is 3.06. The Morgan fingerprint density at radius 2 is 1.45 bits per heavy atom. The molecule has 0 spiro atoms. The predicted octanol–water partition coefficient (Wildman–Crippen LogP) is 3.43. The maximum absolute atomic E-state index is 12.2. The van der Waals surface area contributed by atoms with Crippen molar-refractivity contribution >= 4 is 23.2 Å². The molecule has 0 N–H and O–H groups in total. The highest BCUT2D eigenvalue weighted by atomic mass is 16.2. The molecule has 20 heavy (non-hydrogen) atoms. The minimum absolute atomic E-state index is 0.345.